The minimum absolute atomic E-state index is 0.00870. The molecule has 0 saturated heterocycles. The Morgan fingerprint density at radius 3 is 2.21 bits per heavy atom. The number of esters is 1. The molecule has 0 bridgehead atoms. The van der Waals surface area contributed by atoms with Crippen LogP contribution in [0.2, 0.25) is 0 Å². The van der Waals surface area contributed by atoms with Crippen LogP contribution in [-0.4, -0.2) is 46.7 Å². The summed E-state index contributed by atoms with van der Waals surface area (Å²) >= 11 is 0. The topological polar surface area (TPSA) is 87.0 Å². The lowest BCUT2D eigenvalue weighted by Crippen LogP contribution is -2.37. The first-order valence-corrected chi connectivity index (χ1v) is 7.14. The number of carbonyl (C=O) groups is 1. The van der Waals surface area contributed by atoms with E-state index in [-0.39, 0.29) is 6.42 Å². The molecule has 0 aromatic heterocycles. The van der Waals surface area contributed by atoms with Crippen molar-refractivity contribution in [2.24, 2.45) is 0 Å². The summed E-state index contributed by atoms with van der Waals surface area (Å²) in [7, 11) is 1.14. The van der Waals surface area contributed by atoms with Crippen LogP contribution in [0.4, 0.5) is 0 Å². The van der Waals surface area contributed by atoms with Gasteiger partial charge in [-0.05, 0) is 6.42 Å². The van der Waals surface area contributed by atoms with Gasteiger partial charge in [-0.1, -0.05) is 45.4 Å². The summed E-state index contributed by atoms with van der Waals surface area (Å²) in [6, 6.07) is 0. The Morgan fingerprint density at radius 1 is 1.05 bits per heavy atom. The first-order chi connectivity index (χ1) is 9.02. The van der Waals surface area contributed by atoms with E-state index in [1.54, 1.807) is 0 Å². The number of aliphatic hydroxyl groups excluding tert-OH is 3. The van der Waals surface area contributed by atoms with Gasteiger partial charge in [0.05, 0.1) is 19.3 Å². The Hall–Kier alpha value is -0.650. The van der Waals surface area contributed by atoms with Crippen molar-refractivity contribution < 1.29 is 24.9 Å². The molecule has 3 N–H and O–H groups in total. The second kappa shape index (κ2) is 11.2. The lowest BCUT2D eigenvalue weighted by molar-refractivity contribution is -0.157. The summed E-state index contributed by atoms with van der Waals surface area (Å²) in [5, 5.41) is 28.6. The van der Waals surface area contributed by atoms with Gasteiger partial charge in [-0.15, -0.1) is 0 Å². The van der Waals surface area contributed by atoms with Crippen molar-refractivity contribution in [3.8, 4) is 0 Å². The third kappa shape index (κ3) is 8.97. The van der Waals surface area contributed by atoms with Crippen LogP contribution in [0.25, 0.3) is 0 Å². The first kappa shape index (κ1) is 18.4. The molecular weight excluding hydrogens is 248 g/mol. The highest BCUT2D eigenvalue weighted by molar-refractivity contribution is 5.74. The van der Waals surface area contributed by atoms with Crippen molar-refractivity contribution in [3.05, 3.63) is 0 Å². The molecule has 114 valence electrons. The van der Waals surface area contributed by atoms with Crippen LogP contribution in [-0.2, 0) is 9.53 Å². The van der Waals surface area contributed by atoms with Crippen molar-refractivity contribution in [2.45, 2.75) is 76.6 Å². The molecule has 0 amide bonds. The fourth-order valence-electron chi connectivity index (χ4n) is 1.96. The monoisotopic (exact) mass is 276 g/mol. The van der Waals surface area contributed by atoms with E-state index in [0.717, 1.165) is 26.4 Å². The molecule has 0 heterocycles. The maximum atomic E-state index is 11.0. The van der Waals surface area contributed by atoms with Crippen LogP contribution in [0.3, 0.4) is 0 Å². The molecule has 3 atom stereocenters. The highest BCUT2D eigenvalue weighted by Gasteiger charge is 2.26. The summed E-state index contributed by atoms with van der Waals surface area (Å²) in [6.07, 6.45) is 3.81. The maximum absolute atomic E-state index is 11.0. The smallest absolute Gasteiger partial charge is 0.337 e. The van der Waals surface area contributed by atoms with Gasteiger partial charge < -0.3 is 20.1 Å². The number of ether oxygens (including phenoxy) is 1. The Labute approximate surface area is 115 Å². The quantitative estimate of drug-likeness (QED) is 0.392. The van der Waals surface area contributed by atoms with Gasteiger partial charge >= 0.3 is 5.97 Å². The minimum atomic E-state index is -1.58. The fourth-order valence-corrected chi connectivity index (χ4v) is 1.96. The number of methoxy groups -OCH3 is 1. The third-order valence-electron chi connectivity index (χ3n) is 3.21. The molecule has 0 aromatic rings. The number of rotatable bonds is 11. The first-order valence-electron chi connectivity index (χ1n) is 7.14. The van der Waals surface area contributed by atoms with Gasteiger partial charge in [0.2, 0.25) is 0 Å². The molecule has 0 fully saturated rings. The Kier molecular flexibility index (Phi) is 10.8. The Balaban J connectivity index is 3.67. The number of carbonyl (C=O) groups excluding carboxylic acids is 1. The van der Waals surface area contributed by atoms with Gasteiger partial charge in [0.1, 0.15) is 0 Å². The van der Waals surface area contributed by atoms with Crippen molar-refractivity contribution in [1.29, 1.82) is 0 Å². The predicted octanol–water partition coefficient (Wildman–Crippen LogP) is 1.38. The summed E-state index contributed by atoms with van der Waals surface area (Å²) in [5.41, 5.74) is 0. The van der Waals surface area contributed by atoms with Crippen molar-refractivity contribution in [2.75, 3.05) is 7.11 Å². The largest absolute Gasteiger partial charge is 0.467 e. The summed E-state index contributed by atoms with van der Waals surface area (Å²) in [6.45, 7) is 2.16. The zero-order valence-corrected chi connectivity index (χ0v) is 12.0. The van der Waals surface area contributed by atoms with Crippen LogP contribution in [0, 0.1) is 0 Å². The van der Waals surface area contributed by atoms with Crippen LogP contribution in [0.1, 0.15) is 58.3 Å². The van der Waals surface area contributed by atoms with Crippen LogP contribution >= 0.6 is 0 Å². The molecule has 0 radical (unpaired) electrons. The molecule has 0 aliphatic carbocycles. The summed E-state index contributed by atoms with van der Waals surface area (Å²) < 4.78 is 4.32. The fraction of sp³-hybridized carbons (Fsp3) is 0.929. The molecule has 0 rings (SSSR count). The molecular formula is C14H28O5. The summed E-state index contributed by atoms with van der Waals surface area (Å²) in [4.78, 5) is 11.0. The van der Waals surface area contributed by atoms with Crippen molar-refractivity contribution in [3.63, 3.8) is 0 Å². The molecule has 0 saturated carbocycles. The predicted molar refractivity (Wildman–Crippen MR) is 72.6 cm³/mol. The van der Waals surface area contributed by atoms with E-state index in [0.29, 0.717) is 6.42 Å². The molecule has 0 aromatic carbocycles. The molecule has 5 nitrogen and oxygen atoms in total. The van der Waals surface area contributed by atoms with E-state index in [1.807, 2.05) is 0 Å². The lowest BCUT2D eigenvalue weighted by atomic mass is 10.0. The standard InChI is InChI=1S/C14H28O5/c1-3-4-5-6-7-8-9-11(15)10-12(16)13(17)14(18)19-2/h11-13,15-17H,3-10H2,1-2H3/t11-,12-,13+/m0/s1. The second-order valence-corrected chi connectivity index (χ2v) is 4.98. The maximum Gasteiger partial charge on any atom is 0.337 e. The minimum Gasteiger partial charge on any atom is -0.467 e. The SMILES string of the molecule is CCCCCCCC[C@H](O)C[C@H](O)[C@@H](O)C(=O)OC. The van der Waals surface area contributed by atoms with Gasteiger partial charge in [-0.25, -0.2) is 4.79 Å². The zero-order chi connectivity index (χ0) is 14.7. The van der Waals surface area contributed by atoms with E-state index < -0.39 is 24.3 Å². The van der Waals surface area contributed by atoms with E-state index >= 15 is 0 Å². The molecule has 0 unspecified atom stereocenters. The molecule has 0 aliphatic heterocycles. The average molecular weight is 276 g/mol. The van der Waals surface area contributed by atoms with E-state index in [4.69, 9.17) is 0 Å². The van der Waals surface area contributed by atoms with Crippen LogP contribution in [0.5, 0.6) is 0 Å². The Bertz CT molecular complexity index is 232. The lowest BCUT2D eigenvalue weighted by Gasteiger charge is -2.18. The van der Waals surface area contributed by atoms with Gasteiger partial charge in [-0.3, -0.25) is 0 Å². The molecule has 0 aliphatic rings. The van der Waals surface area contributed by atoms with Crippen molar-refractivity contribution >= 4 is 5.97 Å². The number of hydrogen-bond donors (Lipinski definition) is 3. The molecule has 5 heteroatoms. The third-order valence-corrected chi connectivity index (χ3v) is 3.21. The number of hydrogen-bond acceptors (Lipinski definition) is 5. The summed E-state index contributed by atoms with van der Waals surface area (Å²) in [5.74, 6) is -0.876. The zero-order valence-electron chi connectivity index (χ0n) is 12.0. The van der Waals surface area contributed by atoms with Gasteiger partial charge in [0.15, 0.2) is 6.10 Å². The number of aliphatic hydroxyl groups is 3. The van der Waals surface area contributed by atoms with Crippen molar-refractivity contribution in [1.82, 2.24) is 0 Å². The van der Waals surface area contributed by atoms with Gasteiger partial charge in [-0.2, -0.15) is 0 Å². The Morgan fingerprint density at radius 2 is 1.63 bits per heavy atom. The van der Waals surface area contributed by atoms with Crippen LogP contribution in [0.15, 0.2) is 0 Å². The highest BCUT2D eigenvalue weighted by atomic mass is 16.5. The van der Waals surface area contributed by atoms with E-state index in [1.165, 1.54) is 19.3 Å². The average Bonchev–Trinajstić information content (AvgIpc) is 2.40. The van der Waals surface area contributed by atoms with Crippen LogP contribution < -0.4 is 0 Å². The number of unbranched alkanes of at least 4 members (excludes halogenated alkanes) is 5. The highest BCUT2D eigenvalue weighted by Crippen LogP contribution is 2.13. The van der Waals surface area contributed by atoms with E-state index in [2.05, 4.69) is 11.7 Å². The van der Waals surface area contributed by atoms with E-state index in [9.17, 15) is 20.1 Å². The molecule has 0 spiro atoms. The van der Waals surface area contributed by atoms with Gasteiger partial charge in [0.25, 0.3) is 0 Å². The normalized spacial score (nSPS) is 15.8. The molecule has 19 heavy (non-hydrogen) atoms. The second-order valence-electron chi connectivity index (χ2n) is 4.98. The van der Waals surface area contributed by atoms with Gasteiger partial charge in [0, 0.05) is 6.42 Å².